The lowest BCUT2D eigenvalue weighted by Crippen LogP contribution is -2.38. The Bertz CT molecular complexity index is 300. The van der Waals surface area contributed by atoms with Gasteiger partial charge in [0.15, 0.2) is 5.96 Å². The fourth-order valence-electron chi connectivity index (χ4n) is 2.22. The van der Waals surface area contributed by atoms with Crippen LogP contribution >= 0.6 is 24.0 Å². The van der Waals surface area contributed by atoms with Crippen LogP contribution in [0.4, 0.5) is 0 Å². The van der Waals surface area contributed by atoms with Crippen molar-refractivity contribution in [1.82, 2.24) is 10.6 Å². The Morgan fingerprint density at radius 2 is 1.91 bits per heavy atom. The maximum atomic E-state index is 5.73. The van der Waals surface area contributed by atoms with Gasteiger partial charge in [0.25, 0.3) is 0 Å². The summed E-state index contributed by atoms with van der Waals surface area (Å²) in [6, 6.07) is 0. The molecule has 1 aliphatic rings. The molecule has 0 aromatic carbocycles. The fraction of sp³-hybridized carbons (Fsp3) is 0.938. The third-order valence-electron chi connectivity index (χ3n) is 3.47. The maximum absolute atomic E-state index is 5.73. The highest BCUT2D eigenvalue weighted by atomic mass is 127. The molecule has 1 atom stereocenters. The fourth-order valence-corrected chi connectivity index (χ4v) is 2.22. The Hall–Kier alpha value is -0.0800. The molecule has 0 amide bonds. The van der Waals surface area contributed by atoms with Crippen LogP contribution in [0.3, 0.4) is 0 Å². The summed E-state index contributed by atoms with van der Waals surface area (Å²) >= 11 is 0. The Morgan fingerprint density at radius 1 is 1.23 bits per heavy atom. The zero-order chi connectivity index (χ0) is 15.6. The number of nitrogens with one attached hydrogen (secondary N) is 2. The van der Waals surface area contributed by atoms with Crippen molar-refractivity contribution >= 4 is 29.9 Å². The summed E-state index contributed by atoms with van der Waals surface area (Å²) < 4.78 is 11.0. The summed E-state index contributed by atoms with van der Waals surface area (Å²) in [6.07, 6.45) is 4.70. The van der Waals surface area contributed by atoms with Gasteiger partial charge < -0.3 is 20.1 Å². The van der Waals surface area contributed by atoms with E-state index in [1.54, 1.807) is 0 Å². The van der Waals surface area contributed by atoms with Crippen molar-refractivity contribution in [2.75, 3.05) is 40.0 Å². The minimum Gasteiger partial charge on any atom is -0.379 e. The topological polar surface area (TPSA) is 54.9 Å². The highest BCUT2D eigenvalue weighted by molar-refractivity contribution is 14.0. The van der Waals surface area contributed by atoms with E-state index in [-0.39, 0.29) is 24.0 Å². The van der Waals surface area contributed by atoms with Crippen LogP contribution in [0, 0.1) is 5.41 Å². The quantitative estimate of drug-likeness (QED) is 0.271. The highest BCUT2D eigenvalue weighted by Gasteiger charge is 2.15. The number of hydrogen-bond donors (Lipinski definition) is 2. The molecular weight excluding hydrogens is 393 g/mol. The van der Waals surface area contributed by atoms with Gasteiger partial charge in [0.05, 0.1) is 12.7 Å². The molecule has 1 heterocycles. The summed E-state index contributed by atoms with van der Waals surface area (Å²) in [6.45, 7) is 11.0. The van der Waals surface area contributed by atoms with E-state index in [1.807, 2.05) is 7.05 Å². The standard InChI is InChI=1S/C16H33N3O2.HI/c1-16(2,3)8-5-9-18-15(17-4)19-10-6-11-21-14-7-12-20-13-14;/h14H,5-13H2,1-4H3,(H2,17,18,19);1H. The Morgan fingerprint density at radius 3 is 2.45 bits per heavy atom. The average molecular weight is 427 g/mol. The number of halogens is 1. The molecule has 6 heteroatoms. The van der Waals surface area contributed by atoms with Crippen molar-refractivity contribution in [2.24, 2.45) is 10.4 Å². The van der Waals surface area contributed by atoms with Gasteiger partial charge >= 0.3 is 0 Å². The molecule has 0 spiro atoms. The van der Waals surface area contributed by atoms with Crippen molar-refractivity contribution in [3.63, 3.8) is 0 Å². The SMILES string of the molecule is CN=C(NCCCOC1CCOC1)NCCCC(C)(C)C.I. The van der Waals surface area contributed by atoms with Crippen LogP contribution in [0.5, 0.6) is 0 Å². The molecule has 0 aromatic rings. The van der Waals surface area contributed by atoms with E-state index in [1.165, 1.54) is 6.42 Å². The second kappa shape index (κ2) is 12.4. The number of ether oxygens (including phenoxy) is 2. The molecule has 0 aromatic heterocycles. The third kappa shape index (κ3) is 11.5. The van der Waals surface area contributed by atoms with E-state index in [0.29, 0.717) is 11.5 Å². The summed E-state index contributed by atoms with van der Waals surface area (Å²) in [7, 11) is 1.81. The average Bonchev–Trinajstić information content (AvgIpc) is 2.92. The smallest absolute Gasteiger partial charge is 0.190 e. The van der Waals surface area contributed by atoms with Crippen LogP contribution in [0.25, 0.3) is 0 Å². The van der Waals surface area contributed by atoms with Crippen molar-refractivity contribution in [2.45, 2.75) is 52.6 Å². The van der Waals surface area contributed by atoms with Gasteiger partial charge in [-0.05, 0) is 31.1 Å². The molecule has 1 fully saturated rings. The maximum Gasteiger partial charge on any atom is 0.190 e. The molecule has 0 saturated carbocycles. The van der Waals surface area contributed by atoms with Crippen molar-refractivity contribution in [3.05, 3.63) is 0 Å². The molecule has 0 radical (unpaired) electrons. The van der Waals surface area contributed by atoms with Crippen LogP contribution in [0.15, 0.2) is 4.99 Å². The predicted octanol–water partition coefficient (Wildman–Crippen LogP) is 2.79. The molecule has 1 rings (SSSR count). The van der Waals surface area contributed by atoms with Gasteiger partial charge in [-0.25, -0.2) is 0 Å². The molecule has 0 aliphatic carbocycles. The second-order valence-electron chi connectivity index (χ2n) is 6.80. The minimum absolute atomic E-state index is 0. The van der Waals surface area contributed by atoms with E-state index in [4.69, 9.17) is 9.47 Å². The summed E-state index contributed by atoms with van der Waals surface area (Å²) in [5.41, 5.74) is 0.403. The Balaban J connectivity index is 0.00000441. The zero-order valence-electron chi connectivity index (χ0n) is 14.6. The molecule has 22 heavy (non-hydrogen) atoms. The van der Waals surface area contributed by atoms with E-state index in [9.17, 15) is 0 Å². The normalized spacial score (nSPS) is 18.9. The lowest BCUT2D eigenvalue weighted by molar-refractivity contribution is 0.0420. The molecule has 1 unspecified atom stereocenters. The van der Waals surface area contributed by atoms with Crippen LogP contribution in [0.1, 0.15) is 46.5 Å². The van der Waals surface area contributed by atoms with Gasteiger partial charge in [-0.3, -0.25) is 4.99 Å². The number of aliphatic imine (C=N–C) groups is 1. The second-order valence-corrected chi connectivity index (χ2v) is 6.80. The van der Waals surface area contributed by atoms with Crippen LogP contribution in [-0.2, 0) is 9.47 Å². The molecule has 5 nitrogen and oxygen atoms in total. The van der Waals surface area contributed by atoms with Gasteiger partial charge in [0.1, 0.15) is 0 Å². The number of rotatable bonds is 8. The monoisotopic (exact) mass is 427 g/mol. The first kappa shape index (κ1) is 21.9. The number of guanidine groups is 1. The molecule has 1 aliphatic heterocycles. The van der Waals surface area contributed by atoms with E-state index >= 15 is 0 Å². The van der Waals surface area contributed by atoms with Gasteiger partial charge in [-0.2, -0.15) is 0 Å². The first-order valence-electron chi connectivity index (χ1n) is 8.15. The first-order valence-corrected chi connectivity index (χ1v) is 8.15. The van der Waals surface area contributed by atoms with Gasteiger partial charge in [-0.15, -0.1) is 24.0 Å². The minimum atomic E-state index is 0. The lowest BCUT2D eigenvalue weighted by Gasteiger charge is -2.18. The highest BCUT2D eigenvalue weighted by Crippen LogP contribution is 2.19. The predicted molar refractivity (Wildman–Crippen MR) is 103 cm³/mol. The van der Waals surface area contributed by atoms with E-state index < -0.39 is 0 Å². The van der Waals surface area contributed by atoms with Crippen molar-refractivity contribution < 1.29 is 9.47 Å². The largest absolute Gasteiger partial charge is 0.379 e. The van der Waals surface area contributed by atoms with Crippen LogP contribution in [0.2, 0.25) is 0 Å². The molecule has 0 bridgehead atoms. The Kier molecular flexibility index (Phi) is 12.3. The number of nitrogens with zero attached hydrogens (tertiary/aromatic N) is 1. The lowest BCUT2D eigenvalue weighted by atomic mass is 9.91. The van der Waals surface area contributed by atoms with E-state index in [0.717, 1.165) is 58.1 Å². The molecule has 132 valence electrons. The van der Waals surface area contributed by atoms with Crippen LogP contribution < -0.4 is 10.6 Å². The zero-order valence-corrected chi connectivity index (χ0v) is 16.9. The van der Waals surface area contributed by atoms with Gasteiger partial charge in [-0.1, -0.05) is 20.8 Å². The van der Waals surface area contributed by atoms with E-state index in [2.05, 4.69) is 36.4 Å². The first-order chi connectivity index (χ1) is 10.0. The Labute approximate surface area is 153 Å². The summed E-state index contributed by atoms with van der Waals surface area (Å²) in [5, 5.41) is 6.67. The molecule has 2 N–H and O–H groups in total. The summed E-state index contributed by atoms with van der Waals surface area (Å²) in [5.74, 6) is 0.883. The molecular formula is C16H34IN3O2. The van der Waals surface area contributed by atoms with Crippen molar-refractivity contribution in [1.29, 1.82) is 0 Å². The summed E-state index contributed by atoms with van der Waals surface area (Å²) in [4.78, 5) is 4.23. The number of hydrogen-bond acceptors (Lipinski definition) is 3. The molecule has 1 saturated heterocycles. The van der Waals surface area contributed by atoms with Gasteiger partial charge in [0.2, 0.25) is 0 Å². The van der Waals surface area contributed by atoms with Crippen LogP contribution in [-0.4, -0.2) is 52.0 Å². The van der Waals surface area contributed by atoms with Gasteiger partial charge in [0, 0.05) is 33.4 Å². The third-order valence-corrected chi connectivity index (χ3v) is 3.47. The van der Waals surface area contributed by atoms with Crippen molar-refractivity contribution in [3.8, 4) is 0 Å².